The first-order valence-electron chi connectivity index (χ1n) is 6.08. The van der Waals surface area contributed by atoms with Crippen LogP contribution in [0.1, 0.15) is 23.2 Å². The van der Waals surface area contributed by atoms with Crippen LogP contribution in [0.4, 0.5) is 5.69 Å². The summed E-state index contributed by atoms with van der Waals surface area (Å²) < 4.78 is 0. The summed E-state index contributed by atoms with van der Waals surface area (Å²) in [6.07, 6.45) is 1.94. The van der Waals surface area contributed by atoms with Gasteiger partial charge in [-0.05, 0) is 43.7 Å². The van der Waals surface area contributed by atoms with E-state index in [4.69, 9.17) is 5.73 Å². The average Bonchev–Trinajstić information content (AvgIpc) is 2.40. The Hall–Kier alpha value is -1.88. The second-order valence-electron chi connectivity index (χ2n) is 4.47. The smallest absolute Gasteiger partial charge is 0.248 e. The maximum atomic E-state index is 11.9. The molecule has 0 unspecified atom stereocenters. The van der Waals surface area contributed by atoms with Crippen LogP contribution in [0.15, 0.2) is 24.3 Å². The Morgan fingerprint density at radius 1 is 1.28 bits per heavy atom. The molecule has 0 spiro atoms. The summed E-state index contributed by atoms with van der Waals surface area (Å²) in [5.74, 6) is -0.423. The number of anilines is 1. The molecular weight excluding hydrogens is 230 g/mol. The number of nitrogens with one attached hydrogen (secondary N) is 2. The molecule has 1 aromatic rings. The number of hydrogen-bond donors (Lipinski definition) is 3. The molecule has 1 aliphatic rings. The number of carbonyl (C=O) groups excluding carboxylic acids is 2. The van der Waals surface area contributed by atoms with Crippen LogP contribution in [-0.4, -0.2) is 24.9 Å². The van der Waals surface area contributed by atoms with Gasteiger partial charge in [0, 0.05) is 17.8 Å². The van der Waals surface area contributed by atoms with E-state index in [0.29, 0.717) is 11.3 Å². The Morgan fingerprint density at radius 2 is 2.00 bits per heavy atom. The third-order valence-electron chi connectivity index (χ3n) is 3.10. The third-order valence-corrected chi connectivity index (χ3v) is 3.10. The van der Waals surface area contributed by atoms with Gasteiger partial charge >= 0.3 is 0 Å². The second-order valence-corrected chi connectivity index (χ2v) is 4.47. The SMILES string of the molecule is NC(=O)c1ccc(NC(=O)[C@H]2CCCNC2)cc1. The molecule has 2 amide bonds. The zero-order valence-corrected chi connectivity index (χ0v) is 10.1. The molecule has 1 fully saturated rings. The van der Waals surface area contributed by atoms with Crippen molar-refractivity contribution in [2.45, 2.75) is 12.8 Å². The molecule has 1 saturated heterocycles. The predicted octanol–water partition coefficient (Wildman–Crippen LogP) is 0.724. The third kappa shape index (κ3) is 3.07. The number of piperidine rings is 1. The molecule has 1 aliphatic heterocycles. The van der Waals surface area contributed by atoms with Crippen molar-refractivity contribution in [2.75, 3.05) is 18.4 Å². The Bertz CT molecular complexity index is 436. The van der Waals surface area contributed by atoms with Crippen LogP contribution in [0.25, 0.3) is 0 Å². The van der Waals surface area contributed by atoms with E-state index < -0.39 is 5.91 Å². The molecular formula is C13H17N3O2. The quantitative estimate of drug-likeness (QED) is 0.736. The lowest BCUT2D eigenvalue weighted by molar-refractivity contribution is -0.120. The molecule has 18 heavy (non-hydrogen) atoms. The van der Waals surface area contributed by atoms with Gasteiger partial charge in [0.1, 0.15) is 0 Å². The fraction of sp³-hybridized carbons (Fsp3) is 0.385. The topological polar surface area (TPSA) is 84.2 Å². The van der Waals surface area contributed by atoms with Gasteiger partial charge in [-0.2, -0.15) is 0 Å². The minimum atomic E-state index is -0.468. The molecule has 0 bridgehead atoms. The molecule has 1 aromatic carbocycles. The van der Waals surface area contributed by atoms with Gasteiger partial charge in [0.05, 0.1) is 5.92 Å². The van der Waals surface area contributed by atoms with Gasteiger partial charge in [-0.25, -0.2) is 0 Å². The fourth-order valence-corrected chi connectivity index (χ4v) is 2.04. The predicted molar refractivity (Wildman–Crippen MR) is 69.2 cm³/mol. The lowest BCUT2D eigenvalue weighted by Crippen LogP contribution is -2.37. The van der Waals surface area contributed by atoms with Crippen molar-refractivity contribution in [2.24, 2.45) is 11.7 Å². The fourth-order valence-electron chi connectivity index (χ4n) is 2.04. The van der Waals surface area contributed by atoms with Crippen LogP contribution in [-0.2, 0) is 4.79 Å². The van der Waals surface area contributed by atoms with E-state index in [2.05, 4.69) is 10.6 Å². The minimum Gasteiger partial charge on any atom is -0.366 e. The number of hydrogen-bond acceptors (Lipinski definition) is 3. The molecule has 0 radical (unpaired) electrons. The highest BCUT2D eigenvalue weighted by molar-refractivity contribution is 5.95. The standard InChI is InChI=1S/C13H17N3O2/c14-12(17)9-3-5-11(6-4-9)16-13(18)10-2-1-7-15-8-10/h3-6,10,15H,1-2,7-8H2,(H2,14,17)(H,16,18)/t10-/m0/s1. The van der Waals surface area contributed by atoms with Gasteiger partial charge < -0.3 is 16.4 Å². The summed E-state index contributed by atoms with van der Waals surface area (Å²) in [4.78, 5) is 22.9. The van der Waals surface area contributed by atoms with E-state index in [0.717, 1.165) is 25.9 Å². The van der Waals surface area contributed by atoms with E-state index in [1.165, 1.54) is 0 Å². The largest absolute Gasteiger partial charge is 0.366 e. The zero-order valence-electron chi connectivity index (χ0n) is 10.1. The van der Waals surface area contributed by atoms with Gasteiger partial charge in [0.15, 0.2) is 0 Å². The van der Waals surface area contributed by atoms with Gasteiger partial charge in [0.2, 0.25) is 11.8 Å². The molecule has 5 heteroatoms. The van der Waals surface area contributed by atoms with Crippen molar-refractivity contribution in [1.82, 2.24) is 5.32 Å². The minimum absolute atomic E-state index is 0.0222. The van der Waals surface area contributed by atoms with E-state index in [1.54, 1.807) is 24.3 Å². The van der Waals surface area contributed by atoms with Crippen molar-refractivity contribution >= 4 is 17.5 Å². The molecule has 1 heterocycles. The summed E-state index contributed by atoms with van der Waals surface area (Å²) in [5, 5.41) is 6.05. The Balaban J connectivity index is 1.96. The van der Waals surface area contributed by atoms with Crippen LogP contribution in [0.2, 0.25) is 0 Å². The second kappa shape index (κ2) is 5.64. The average molecular weight is 247 g/mol. The highest BCUT2D eigenvalue weighted by atomic mass is 16.2. The van der Waals surface area contributed by atoms with Crippen molar-refractivity contribution in [3.63, 3.8) is 0 Å². The van der Waals surface area contributed by atoms with E-state index >= 15 is 0 Å². The molecule has 0 aliphatic carbocycles. The van der Waals surface area contributed by atoms with E-state index in [-0.39, 0.29) is 11.8 Å². The number of rotatable bonds is 3. The first kappa shape index (κ1) is 12.6. The van der Waals surface area contributed by atoms with Gasteiger partial charge in [-0.15, -0.1) is 0 Å². The molecule has 2 rings (SSSR count). The Morgan fingerprint density at radius 3 is 2.56 bits per heavy atom. The lowest BCUT2D eigenvalue weighted by atomic mass is 9.99. The molecule has 1 atom stereocenters. The van der Waals surface area contributed by atoms with Crippen molar-refractivity contribution < 1.29 is 9.59 Å². The van der Waals surface area contributed by atoms with Crippen LogP contribution in [0, 0.1) is 5.92 Å². The van der Waals surface area contributed by atoms with Gasteiger partial charge in [-0.3, -0.25) is 9.59 Å². The summed E-state index contributed by atoms with van der Waals surface area (Å²) in [6.45, 7) is 1.71. The number of nitrogens with two attached hydrogens (primary N) is 1. The number of amides is 2. The van der Waals surface area contributed by atoms with E-state index in [9.17, 15) is 9.59 Å². The van der Waals surface area contributed by atoms with Crippen LogP contribution in [0.3, 0.4) is 0 Å². The van der Waals surface area contributed by atoms with Crippen LogP contribution < -0.4 is 16.4 Å². The van der Waals surface area contributed by atoms with Crippen LogP contribution in [0.5, 0.6) is 0 Å². The maximum absolute atomic E-state index is 11.9. The summed E-state index contributed by atoms with van der Waals surface area (Å²) in [6, 6.07) is 6.59. The normalized spacial score (nSPS) is 19.2. The van der Waals surface area contributed by atoms with Gasteiger partial charge in [-0.1, -0.05) is 0 Å². The highest BCUT2D eigenvalue weighted by Gasteiger charge is 2.20. The molecule has 5 nitrogen and oxygen atoms in total. The Kier molecular flexibility index (Phi) is 3.94. The van der Waals surface area contributed by atoms with Crippen molar-refractivity contribution in [3.8, 4) is 0 Å². The molecule has 4 N–H and O–H groups in total. The first-order valence-corrected chi connectivity index (χ1v) is 6.08. The summed E-state index contributed by atoms with van der Waals surface area (Å²) >= 11 is 0. The maximum Gasteiger partial charge on any atom is 0.248 e. The van der Waals surface area contributed by atoms with Crippen molar-refractivity contribution in [1.29, 1.82) is 0 Å². The van der Waals surface area contributed by atoms with Crippen LogP contribution >= 0.6 is 0 Å². The van der Waals surface area contributed by atoms with Crippen molar-refractivity contribution in [3.05, 3.63) is 29.8 Å². The number of benzene rings is 1. The molecule has 0 saturated carbocycles. The van der Waals surface area contributed by atoms with Gasteiger partial charge in [0.25, 0.3) is 0 Å². The monoisotopic (exact) mass is 247 g/mol. The Labute approximate surface area is 106 Å². The lowest BCUT2D eigenvalue weighted by Gasteiger charge is -2.21. The zero-order chi connectivity index (χ0) is 13.0. The summed E-state index contributed by atoms with van der Waals surface area (Å²) in [7, 11) is 0. The highest BCUT2D eigenvalue weighted by Crippen LogP contribution is 2.14. The number of primary amides is 1. The summed E-state index contributed by atoms with van der Waals surface area (Å²) in [5.41, 5.74) is 6.28. The number of carbonyl (C=O) groups is 2. The molecule has 96 valence electrons. The first-order chi connectivity index (χ1) is 8.66. The molecule has 0 aromatic heterocycles. The van der Waals surface area contributed by atoms with E-state index in [1.807, 2.05) is 0 Å².